The third-order valence-corrected chi connectivity index (χ3v) is 3.38. The molecule has 0 radical (unpaired) electrons. The van der Waals surface area contributed by atoms with Crippen molar-refractivity contribution in [3.05, 3.63) is 35.4 Å². The van der Waals surface area contributed by atoms with Crippen molar-refractivity contribution in [2.75, 3.05) is 33.9 Å². The first kappa shape index (κ1) is 15.0. The van der Waals surface area contributed by atoms with Crippen molar-refractivity contribution >= 4 is 5.91 Å². The molecule has 2 rings (SSSR count). The molecule has 5 heteroatoms. The molecule has 1 aliphatic heterocycles. The molecular weight excluding hydrogens is 256 g/mol. The molecule has 1 aromatic carbocycles. The lowest BCUT2D eigenvalue weighted by molar-refractivity contribution is 0.0264. The molecule has 0 spiro atoms. The van der Waals surface area contributed by atoms with Crippen LogP contribution < -0.4 is 5.32 Å². The Labute approximate surface area is 119 Å². The molecule has 110 valence electrons. The molecule has 2 N–H and O–H groups in total. The summed E-state index contributed by atoms with van der Waals surface area (Å²) >= 11 is 0. The van der Waals surface area contributed by atoms with Gasteiger partial charge in [-0.15, -0.1) is 0 Å². The van der Waals surface area contributed by atoms with Crippen LogP contribution in [-0.2, 0) is 11.3 Å². The average Bonchev–Trinajstić information content (AvgIpc) is 2.84. The fraction of sp³-hybridized carbons (Fsp3) is 0.533. The molecule has 1 saturated heterocycles. The van der Waals surface area contributed by atoms with Crippen molar-refractivity contribution in [3.8, 4) is 0 Å². The van der Waals surface area contributed by atoms with E-state index >= 15 is 0 Å². The number of hydrogen-bond acceptors (Lipinski definition) is 4. The maximum Gasteiger partial charge on any atom is 0.251 e. The maximum absolute atomic E-state index is 12.0. The van der Waals surface area contributed by atoms with Crippen LogP contribution in [0.1, 0.15) is 22.3 Å². The Morgan fingerprint density at radius 1 is 1.40 bits per heavy atom. The third kappa shape index (κ3) is 4.03. The number of ether oxygens (including phenoxy) is 1. The highest BCUT2D eigenvalue weighted by atomic mass is 16.5. The minimum atomic E-state index is -0.916. The standard InChI is InChI=1S/C15H22N2O3/c1-17(2)9-12-3-5-13(6-4-12)14(18)16-10-15(19)7-8-20-11-15/h3-6,19H,7-11H2,1-2H3,(H,16,18). The number of amides is 1. The summed E-state index contributed by atoms with van der Waals surface area (Å²) in [6, 6.07) is 7.51. The Hall–Kier alpha value is -1.43. The van der Waals surface area contributed by atoms with E-state index in [4.69, 9.17) is 4.74 Å². The fourth-order valence-corrected chi connectivity index (χ4v) is 2.21. The second kappa shape index (κ2) is 6.35. The van der Waals surface area contributed by atoms with Gasteiger partial charge in [-0.1, -0.05) is 12.1 Å². The van der Waals surface area contributed by atoms with Crippen molar-refractivity contribution in [1.82, 2.24) is 10.2 Å². The molecule has 1 aromatic rings. The van der Waals surface area contributed by atoms with Gasteiger partial charge in [-0.25, -0.2) is 0 Å². The van der Waals surface area contributed by atoms with E-state index in [0.717, 1.165) is 12.1 Å². The lowest BCUT2D eigenvalue weighted by atomic mass is 10.0. The molecule has 1 aliphatic rings. The summed E-state index contributed by atoms with van der Waals surface area (Å²) in [5.41, 5.74) is 0.852. The molecule has 1 unspecified atom stereocenters. The van der Waals surface area contributed by atoms with E-state index < -0.39 is 5.60 Å². The summed E-state index contributed by atoms with van der Waals surface area (Å²) in [5, 5.41) is 12.8. The molecule has 5 nitrogen and oxygen atoms in total. The van der Waals surface area contributed by atoms with Crippen LogP contribution in [0.15, 0.2) is 24.3 Å². The quantitative estimate of drug-likeness (QED) is 0.829. The van der Waals surface area contributed by atoms with Gasteiger partial charge in [0.05, 0.1) is 6.61 Å². The predicted octanol–water partition coefficient (Wildman–Crippen LogP) is 0.629. The van der Waals surface area contributed by atoms with Gasteiger partial charge in [-0.3, -0.25) is 4.79 Å². The molecule has 20 heavy (non-hydrogen) atoms. The zero-order chi connectivity index (χ0) is 14.6. The number of aliphatic hydroxyl groups is 1. The summed E-state index contributed by atoms with van der Waals surface area (Å²) in [5.74, 6) is -0.165. The van der Waals surface area contributed by atoms with E-state index in [1.54, 1.807) is 0 Å². The third-order valence-electron chi connectivity index (χ3n) is 3.38. The first-order valence-corrected chi connectivity index (χ1v) is 6.80. The molecule has 0 aromatic heterocycles. The number of rotatable bonds is 5. The normalized spacial score (nSPS) is 22.2. The van der Waals surface area contributed by atoms with Crippen LogP contribution in [0.4, 0.5) is 0 Å². The van der Waals surface area contributed by atoms with Crippen LogP contribution in [0.3, 0.4) is 0 Å². The number of hydrogen-bond donors (Lipinski definition) is 2. The highest BCUT2D eigenvalue weighted by Crippen LogP contribution is 2.17. The SMILES string of the molecule is CN(C)Cc1ccc(C(=O)NCC2(O)CCOC2)cc1. The summed E-state index contributed by atoms with van der Waals surface area (Å²) in [6.07, 6.45) is 0.565. The number of nitrogens with zero attached hydrogens (tertiary/aromatic N) is 1. The Bertz CT molecular complexity index is 451. The molecule has 1 heterocycles. The second-order valence-electron chi connectivity index (χ2n) is 5.64. The molecule has 1 fully saturated rings. The van der Waals surface area contributed by atoms with Crippen molar-refractivity contribution in [3.63, 3.8) is 0 Å². The minimum Gasteiger partial charge on any atom is -0.386 e. The van der Waals surface area contributed by atoms with Gasteiger partial charge in [0.25, 0.3) is 5.91 Å². The van der Waals surface area contributed by atoms with Crippen LogP contribution in [-0.4, -0.2) is 55.4 Å². The van der Waals surface area contributed by atoms with Crippen LogP contribution in [0.5, 0.6) is 0 Å². The summed E-state index contributed by atoms with van der Waals surface area (Å²) in [7, 11) is 4.01. The smallest absolute Gasteiger partial charge is 0.251 e. The molecule has 0 bridgehead atoms. The van der Waals surface area contributed by atoms with Crippen LogP contribution >= 0.6 is 0 Å². The summed E-state index contributed by atoms with van der Waals surface area (Å²) < 4.78 is 5.14. The molecule has 0 aliphatic carbocycles. The monoisotopic (exact) mass is 278 g/mol. The van der Waals surface area contributed by atoms with Gasteiger partial charge in [0.1, 0.15) is 5.60 Å². The first-order chi connectivity index (χ1) is 9.48. The zero-order valence-corrected chi connectivity index (χ0v) is 12.1. The van der Waals surface area contributed by atoms with Gasteiger partial charge < -0.3 is 20.1 Å². The number of nitrogens with one attached hydrogen (secondary N) is 1. The van der Waals surface area contributed by atoms with Crippen molar-refractivity contribution in [1.29, 1.82) is 0 Å². The maximum atomic E-state index is 12.0. The van der Waals surface area contributed by atoms with E-state index in [9.17, 15) is 9.90 Å². The lowest BCUT2D eigenvalue weighted by Crippen LogP contribution is -2.43. The summed E-state index contributed by atoms with van der Waals surface area (Å²) in [6.45, 7) is 1.91. The van der Waals surface area contributed by atoms with Crippen molar-refractivity contribution < 1.29 is 14.6 Å². The topological polar surface area (TPSA) is 61.8 Å². The Morgan fingerprint density at radius 3 is 2.65 bits per heavy atom. The van der Waals surface area contributed by atoms with E-state index in [1.807, 2.05) is 38.4 Å². The van der Waals surface area contributed by atoms with E-state index in [-0.39, 0.29) is 19.1 Å². The Balaban J connectivity index is 1.89. The van der Waals surface area contributed by atoms with Gasteiger partial charge in [0, 0.05) is 31.7 Å². The highest BCUT2D eigenvalue weighted by molar-refractivity contribution is 5.94. The van der Waals surface area contributed by atoms with Crippen molar-refractivity contribution in [2.24, 2.45) is 0 Å². The molecule has 1 atom stereocenters. The number of carbonyl (C=O) groups excluding carboxylic acids is 1. The molecule has 1 amide bonds. The van der Waals surface area contributed by atoms with Gasteiger partial charge in [0.2, 0.25) is 0 Å². The summed E-state index contributed by atoms with van der Waals surface area (Å²) in [4.78, 5) is 14.1. The number of carbonyl (C=O) groups is 1. The van der Waals surface area contributed by atoms with E-state index in [0.29, 0.717) is 18.6 Å². The van der Waals surface area contributed by atoms with Crippen molar-refractivity contribution in [2.45, 2.75) is 18.6 Å². The Morgan fingerprint density at radius 2 is 2.10 bits per heavy atom. The molecular formula is C15H22N2O3. The van der Waals surface area contributed by atoms with E-state index in [1.165, 1.54) is 0 Å². The van der Waals surface area contributed by atoms with Gasteiger partial charge in [-0.2, -0.15) is 0 Å². The fourth-order valence-electron chi connectivity index (χ4n) is 2.21. The van der Waals surface area contributed by atoms with Gasteiger partial charge >= 0.3 is 0 Å². The lowest BCUT2D eigenvalue weighted by Gasteiger charge is -2.20. The predicted molar refractivity (Wildman–Crippen MR) is 76.6 cm³/mol. The van der Waals surface area contributed by atoms with E-state index in [2.05, 4.69) is 10.2 Å². The van der Waals surface area contributed by atoms with Gasteiger partial charge in [0.15, 0.2) is 0 Å². The van der Waals surface area contributed by atoms with Crippen LogP contribution in [0, 0.1) is 0 Å². The highest BCUT2D eigenvalue weighted by Gasteiger charge is 2.32. The van der Waals surface area contributed by atoms with Crippen LogP contribution in [0.25, 0.3) is 0 Å². The number of benzene rings is 1. The largest absolute Gasteiger partial charge is 0.386 e. The minimum absolute atomic E-state index is 0.165. The van der Waals surface area contributed by atoms with Gasteiger partial charge in [-0.05, 0) is 31.8 Å². The molecule has 0 saturated carbocycles. The Kier molecular flexibility index (Phi) is 4.75. The second-order valence-corrected chi connectivity index (χ2v) is 5.64. The van der Waals surface area contributed by atoms with Crippen LogP contribution in [0.2, 0.25) is 0 Å². The zero-order valence-electron chi connectivity index (χ0n) is 12.1. The average molecular weight is 278 g/mol. The first-order valence-electron chi connectivity index (χ1n) is 6.80.